The van der Waals surface area contributed by atoms with Crippen LogP contribution in [-0.2, 0) is 4.79 Å². The smallest absolute Gasteiger partial charge is 0.227 e. The molecule has 1 N–H and O–H groups in total. The number of fused-ring (bicyclic) bond motifs is 1. The molecular formula is C25H27ClN2O. The SMILES string of the molecule is CC[C@@H](C(=O)Nc1ccc(Cl)cc1)[C@H]1CC[C@@H](c2ccnc3ccccc32)CC1. The molecule has 0 unspecified atom stereocenters. The van der Waals surface area contributed by atoms with E-state index in [0.29, 0.717) is 16.9 Å². The fraction of sp³-hybridized carbons (Fsp3) is 0.360. The first kappa shape index (κ1) is 19.9. The molecule has 1 aromatic heterocycles. The van der Waals surface area contributed by atoms with E-state index < -0.39 is 0 Å². The Morgan fingerprint density at radius 2 is 1.79 bits per heavy atom. The molecule has 29 heavy (non-hydrogen) atoms. The molecule has 3 nitrogen and oxygen atoms in total. The Balaban J connectivity index is 1.42. The van der Waals surface area contributed by atoms with Crippen molar-refractivity contribution in [2.45, 2.75) is 44.9 Å². The zero-order valence-electron chi connectivity index (χ0n) is 16.8. The highest BCUT2D eigenvalue weighted by Gasteiger charge is 2.32. The van der Waals surface area contributed by atoms with Gasteiger partial charge in [0.2, 0.25) is 5.91 Å². The lowest BCUT2D eigenvalue weighted by molar-refractivity contribution is -0.122. The molecule has 4 rings (SSSR count). The van der Waals surface area contributed by atoms with E-state index in [1.165, 1.54) is 10.9 Å². The minimum Gasteiger partial charge on any atom is -0.326 e. The van der Waals surface area contributed by atoms with Crippen LogP contribution in [0, 0.1) is 11.8 Å². The summed E-state index contributed by atoms with van der Waals surface area (Å²) in [5.74, 6) is 1.18. The number of carbonyl (C=O) groups excluding carboxylic acids is 1. The number of carbonyl (C=O) groups is 1. The van der Waals surface area contributed by atoms with Crippen LogP contribution in [0.15, 0.2) is 60.8 Å². The van der Waals surface area contributed by atoms with Crippen LogP contribution < -0.4 is 5.32 Å². The largest absolute Gasteiger partial charge is 0.326 e. The number of rotatable bonds is 5. The highest BCUT2D eigenvalue weighted by atomic mass is 35.5. The third-order valence-corrected chi connectivity index (χ3v) is 6.60. The summed E-state index contributed by atoms with van der Waals surface area (Å²) in [6.07, 6.45) is 7.24. The molecule has 1 amide bonds. The van der Waals surface area contributed by atoms with Crippen molar-refractivity contribution in [2.24, 2.45) is 11.8 Å². The number of benzene rings is 2. The summed E-state index contributed by atoms with van der Waals surface area (Å²) in [4.78, 5) is 17.4. The Morgan fingerprint density at radius 3 is 2.52 bits per heavy atom. The maximum Gasteiger partial charge on any atom is 0.227 e. The molecular weight excluding hydrogens is 380 g/mol. The van der Waals surface area contributed by atoms with Crippen LogP contribution >= 0.6 is 11.6 Å². The molecule has 4 heteroatoms. The second kappa shape index (κ2) is 8.96. The standard InChI is InChI=1S/C25H27ClN2O/c1-2-21(25(29)28-20-13-11-19(26)12-14-20)17-7-9-18(10-8-17)22-15-16-27-24-6-4-3-5-23(22)24/h3-6,11-18,21H,2,7-10H2,1H3,(H,28,29)/t17-,18+,21-/m1/s1. The van der Waals surface area contributed by atoms with Crippen LogP contribution in [-0.4, -0.2) is 10.9 Å². The van der Waals surface area contributed by atoms with Gasteiger partial charge in [0.15, 0.2) is 0 Å². The Labute approximate surface area is 177 Å². The van der Waals surface area contributed by atoms with Crippen molar-refractivity contribution in [3.63, 3.8) is 0 Å². The number of para-hydroxylation sites is 1. The zero-order valence-corrected chi connectivity index (χ0v) is 17.5. The molecule has 2 aromatic carbocycles. The van der Waals surface area contributed by atoms with Gasteiger partial charge in [0.1, 0.15) is 0 Å². The molecule has 1 heterocycles. The van der Waals surface area contributed by atoms with Crippen LogP contribution in [0.5, 0.6) is 0 Å². The number of aromatic nitrogens is 1. The molecule has 1 aliphatic rings. The number of anilines is 1. The van der Waals surface area contributed by atoms with Crippen molar-refractivity contribution in [3.8, 4) is 0 Å². The topological polar surface area (TPSA) is 42.0 Å². The third kappa shape index (κ3) is 4.45. The van der Waals surface area contributed by atoms with E-state index in [0.717, 1.165) is 43.3 Å². The number of hydrogen-bond donors (Lipinski definition) is 1. The van der Waals surface area contributed by atoms with Gasteiger partial charge in [0.05, 0.1) is 5.52 Å². The summed E-state index contributed by atoms with van der Waals surface area (Å²) in [6.45, 7) is 2.12. The second-order valence-electron chi connectivity index (χ2n) is 8.04. The summed E-state index contributed by atoms with van der Waals surface area (Å²) in [7, 11) is 0. The first-order valence-corrected chi connectivity index (χ1v) is 10.9. The molecule has 0 aliphatic heterocycles. The van der Waals surface area contributed by atoms with Gasteiger partial charge in [-0.2, -0.15) is 0 Å². The Morgan fingerprint density at radius 1 is 1.07 bits per heavy atom. The van der Waals surface area contributed by atoms with Gasteiger partial charge in [-0.05, 0) is 85.9 Å². The van der Waals surface area contributed by atoms with Crippen LogP contribution in [0.2, 0.25) is 5.02 Å². The van der Waals surface area contributed by atoms with Gasteiger partial charge in [0, 0.05) is 28.2 Å². The molecule has 1 aliphatic carbocycles. The maximum atomic E-state index is 12.9. The molecule has 1 atom stereocenters. The van der Waals surface area contributed by atoms with E-state index >= 15 is 0 Å². The molecule has 0 spiro atoms. The lowest BCUT2D eigenvalue weighted by Gasteiger charge is -2.33. The maximum absolute atomic E-state index is 12.9. The zero-order chi connectivity index (χ0) is 20.2. The van der Waals surface area contributed by atoms with E-state index in [1.807, 2.05) is 36.5 Å². The Hall–Kier alpha value is -2.39. The van der Waals surface area contributed by atoms with Gasteiger partial charge < -0.3 is 5.32 Å². The first-order valence-electron chi connectivity index (χ1n) is 10.6. The average Bonchev–Trinajstić information content (AvgIpc) is 2.76. The number of hydrogen-bond acceptors (Lipinski definition) is 2. The molecule has 150 valence electrons. The van der Waals surface area contributed by atoms with Gasteiger partial charge in [0.25, 0.3) is 0 Å². The Bertz CT molecular complexity index is 972. The normalized spacial score (nSPS) is 20.3. The fourth-order valence-electron chi connectivity index (χ4n) is 4.81. The van der Waals surface area contributed by atoms with Crippen molar-refractivity contribution in [1.29, 1.82) is 0 Å². The predicted molar refractivity (Wildman–Crippen MR) is 120 cm³/mol. The fourth-order valence-corrected chi connectivity index (χ4v) is 4.93. The van der Waals surface area contributed by atoms with Crippen LogP contribution in [0.25, 0.3) is 10.9 Å². The number of pyridine rings is 1. The van der Waals surface area contributed by atoms with Crippen molar-refractivity contribution in [1.82, 2.24) is 4.98 Å². The van der Waals surface area contributed by atoms with Crippen molar-refractivity contribution in [3.05, 3.63) is 71.4 Å². The highest BCUT2D eigenvalue weighted by Crippen LogP contribution is 2.41. The number of halogens is 1. The van der Waals surface area contributed by atoms with Crippen molar-refractivity contribution in [2.75, 3.05) is 5.32 Å². The van der Waals surface area contributed by atoms with Gasteiger partial charge in [-0.1, -0.05) is 36.7 Å². The predicted octanol–water partition coefficient (Wildman–Crippen LogP) is 6.83. The summed E-state index contributed by atoms with van der Waals surface area (Å²) >= 11 is 5.94. The van der Waals surface area contributed by atoms with E-state index in [-0.39, 0.29) is 11.8 Å². The van der Waals surface area contributed by atoms with Crippen LogP contribution in [0.1, 0.15) is 50.5 Å². The molecule has 0 radical (unpaired) electrons. The molecule has 0 saturated heterocycles. The summed E-state index contributed by atoms with van der Waals surface area (Å²) < 4.78 is 0. The summed E-state index contributed by atoms with van der Waals surface area (Å²) in [5.41, 5.74) is 3.29. The van der Waals surface area contributed by atoms with Crippen LogP contribution in [0.3, 0.4) is 0 Å². The van der Waals surface area contributed by atoms with E-state index in [9.17, 15) is 4.79 Å². The Kier molecular flexibility index (Phi) is 6.15. The highest BCUT2D eigenvalue weighted by molar-refractivity contribution is 6.30. The van der Waals surface area contributed by atoms with E-state index in [4.69, 9.17) is 11.6 Å². The van der Waals surface area contributed by atoms with Gasteiger partial charge >= 0.3 is 0 Å². The molecule has 0 bridgehead atoms. The summed E-state index contributed by atoms with van der Waals surface area (Å²) in [6, 6.07) is 17.9. The quantitative estimate of drug-likeness (QED) is 0.504. The lowest BCUT2D eigenvalue weighted by Crippen LogP contribution is -2.31. The van der Waals surface area contributed by atoms with Crippen molar-refractivity contribution >= 4 is 34.1 Å². The first-order chi connectivity index (χ1) is 14.2. The van der Waals surface area contributed by atoms with Gasteiger partial charge in [-0.3, -0.25) is 9.78 Å². The number of amides is 1. The van der Waals surface area contributed by atoms with Gasteiger partial charge in [-0.15, -0.1) is 0 Å². The van der Waals surface area contributed by atoms with E-state index in [2.05, 4.69) is 41.5 Å². The minimum absolute atomic E-state index is 0.0563. The number of nitrogens with one attached hydrogen (secondary N) is 1. The minimum atomic E-state index is 0.0563. The van der Waals surface area contributed by atoms with Gasteiger partial charge in [-0.25, -0.2) is 0 Å². The summed E-state index contributed by atoms with van der Waals surface area (Å²) in [5, 5.41) is 5.03. The van der Waals surface area contributed by atoms with Crippen LogP contribution in [0.4, 0.5) is 5.69 Å². The molecule has 3 aromatic rings. The monoisotopic (exact) mass is 406 g/mol. The number of nitrogens with zero attached hydrogens (tertiary/aromatic N) is 1. The van der Waals surface area contributed by atoms with E-state index in [1.54, 1.807) is 0 Å². The van der Waals surface area contributed by atoms with Crippen molar-refractivity contribution < 1.29 is 4.79 Å². The second-order valence-corrected chi connectivity index (χ2v) is 8.48. The molecule has 1 fully saturated rings. The lowest BCUT2D eigenvalue weighted by atomic mass is 9.72. The third-order valence-electron chi connectivity index (χ3n) is 6.35. The molecule has 1 saturated carbocycles. The average molecular weight is 407 g/mol.